The predicted molar refractivity (Wildman–Crippen MR) is 124 cm³/mol. The quantitative estimate of drug-likeness (QED) is 0.367. The third-order valence-electron chi connectivity index (χ3n) is 4.44. The number of nitrogen functional groups attached to an aromatic ring is 1. The summed E-state index contributed by atoms with van der Waals surface area (Å²) in [6, 6.07) is 9.23. The lowest BCUT2D eigenvalue weighted by atomic mass is 10.2. The Kier molecular flexibility index (Phi) is 7.29. The van der Waals surface area contributed by atoms with E-state index in [9.17, 15) is 14.4 Å². The molecule has 0 saturated heterocycles. The molecule has 0 aliphatic heterocycles. The van der Waals surface area contributed by atoms with Gasteiger partial charge in [0.15, 0.2) is 10.1 Å². The van der Waals surface area contributed by atoms with Gasteiger partial charge in [-0.3, -0.25) is 18.7 Å². The van der Waals surface area contributed by atoms with Gasteiger partial charge in [-0.05, 0) is 11.5 Å². The van der Waals surface area contributed by atoms with Crippen molar-refractivity contribution in [3.63, 3.8) is 0 Å². The van der Waals surface area contributed by atoms with Crippen molar-refractivity contribution in [3.8, 4) is 0 Å². The summed E-state index contributed by atoms with van der Waals surface area (Å²) < 4.78 is 2.76. The molecule has 9 nitrogen and oxygen atoms in total. The van der Waals surface area contributed by atoms with Crippen molar-refractivity contribution in [2.45, 2.75) is 24.7 Å². The van der Waals surface area contributed by atoms with Crippen LogP contribution in [0.3, 0.4) is 0 Å². The average Bonchev–Trinajstić information content (AvgIpc) is 3.21. The first-order chi connectivity index (χ1) is 14.8. The number of Topliss-reactive ketones (excluding diaryl/α,β-unsaturated/α-hetero) is 1. The molecule has 11 heteroatoms. The molecule has 3 N–H and O–H groups in total. The number of rotatable bonds is 9. The Morgan fingerprint density at radius 3 is 2.61 bits per heavy atom. The number of hydrogen-bond donors (Lipinski definition) is 2. The molecule has 0 spiro atoms. The number of nitrogens with zero attached hydrogens (tertiary/aromatic N) is 4. The van der Waals surface area contributed by atoms with Crippen molar-refractivity contribution < 1.29 is 4.79 Å². The van der Waals surface area contributed by atoms with Crippen molar-refractivity contribution in [2.75, 3.05) is 23.3 Å². The summed E-state index contributed by atoms with van der Waals surface area (Å²) in [6.07, 6.45) is 0. The molecule has 31 heavy (non-hydrogen) atoms. The number of thioether (sulfide) groups is 1. The van der Waals surface area contributed by atoms with Gasteiger partial charge in [-0.2, -0.15) is 0 Å². The smallest absolute Gasteiger partial charge is 0.332 e. The fourth-order valence-corrected chi connectivity index (χ4v) is 4.43. The van der Waals surface area contributed by atoms with Crippen molar-refractivity contribution in [1.82, 2.24) is 19.3 Å². The van der Waals surface area contributed by atoms with Crippen LogP contribution in [0.2, 0.25) is 0 Å². The highest BCUT2D eigenvalue weighted by atomic mass is 32.2. The molecule has 3 aromatic rings. The summed E-state index contributed by atoms with van der Waals surface area (Å²) in [6.45, 7) is 5.11. The first-order valence-corrected chi connectivity index (χ1v) is 11.4. The molecule has 3 rings (SSSR count). The van der Waals surface area contributed by atoms with Gasteiger partial charge in [-0.15, -0.1) is 10.2 Å². The van der Waals surface area contributed by atoms with E-state index in [1.165, 1.54) is 34.7 Å². The molecule has 0 aliphatic rings. The van der Waals surface area contributed by atoms with E-state index in [4.69, 9.17) is 5.73 Å². The monoisotopic (exact) mass is 460 g/mol. The Bertz CT molecular complexity index is 1180. The molecule has 1 aromatic carbocycles. The molecule has 164 valence electrons. The average molecular weight is 461 g/mol. The molecule has 0 unspecified atom stereocenters. The lowest BCUT2D eigenvalue weighted by Crippen LogP contribution is -2.43. The molecule has 2 heterocycles. The first-order valence-electron chi connectivity index (χ1n) is 9.64. The van der Waals surface area contributed by atoms with Crippen LogP contribution in [0.25, 0.3) is 0 Å². The van der Waals surface area contributed by atoms with E-state index in [-0.39, 0.29) is 23.7 Å². The van der Waals surface area contributed by atoms with Crippen LogP contribution in [0.1, 0.15) is 29.8 Å². The number of nitrogens with two attached hydrogens (primary N) is 1. The maximum atomic E-state index is 12.9. The lowest BCUT2D eigenvalue weighted by molar-refractivity contribution is 0.102. The van der Waals surface area contributed by atoms with E-state index in [1.807, 2.05) is 30.3 Å². The second-order valence-corrected chi connectivity index (χ2v) is 9.54. The van der Waals surface area contributed by atoms with Crippen LogP contribution in [-0.2, 0) is 13.6 Å². The van der Waals surface area contributed by atoms with Gasteiger partial charge in [-0.1, -0.05) is 67.3 Å². The van der Waals surface area contributed by atoms with Crippen molar-refractivity contribution in [3.05, 3.63) is 62.3 Å². The largest absolute Gasteiger partial charge is 0.384 e. The fraction of sp³-hybridized carbons (Fsp3) is 0.350. The molecular formula is C20H24N6O3S2. The highest BCUT2D eigenvalue weighted by molar-refractivity contribution is 8.01. The SMILES string of the molecule is CC(C)CNc1nnc(SCC(=O)c2c(N)n(Cc3ccccc3)c(=O)n(C)c2=O)s1. The van der Waals surface area contributed by atoms with E-state index in [1.54, 1.807) is 0 Å². The van der Waals surface area contributed by atoms with Gasteiger partial charge in [0.05, 0.1) is 12.3 Å². The molecule has 0 radical (unpaired) electrons. The van der Waals surface area contributed by atoms with E-state index < -0.39 is 17.0 Å². The van der Waals surface area contributed by atoms with Gasteiger partial charge in [0.1, 0.15) is 11.4 Å². The predicted octanol–water partition coefficient (Wildman–Crippen LogP) is 2.07. The van der Waals surface area contributed by atoms with Crippen LogP contribution in [0.5, 0.6) is 0 Å². The van der Waals surface area contributed by atoms with Crippen molar-refractivity contribution in [1.29, 1.82) is 0 Å². The number of aromatic nitrogens is 4. The summed E-state index contributed by atoms with van der Waals surface area (Å²) in [7, 11) is 1.34. The summed E-state index contributed by atoms with van der Waals surface area (Å²) in [5, 5.41) is 12.0. The first kappa shape index (κ1) is 22.8. The van der Waals surface area contributed by atoms with Crippen LogP contribution >= 0.6 is 23.1 Å². The minimum atomic E-state index is -0.700. The number of ketones is 1. The maximum Gasteiger partial charge on any atom is 0.332 e. The molecule has 0 atom stereocenters. The van der Waals surface area contributed by atoms with E-state index >= 15 is 0 Å². The van der Waals surface area contributed by atoms with Gasteiger partial charge in [0.2, 0.25) is 5.13 Å². The van der Waals surface area contributed by atoms with Crippen LogP contribution in [-0.4, -0.2) is 37.4 Å². The molecule has 0 bridgehead atoms. The summed E-state index contributed by atoms with van der Waals surface area (Å²) in [5.74, 6) is -0.162. The number of benzene rings is 1. The van der Waals surface area contributed by atoms with Crippen LogP contribution < -0.4 is 22.3 Å². The van der Waals surface area contributed by atoms with Crippen molar-refractivity contribution in [2.24, 2.45) is 13.0 Å². The minimum absolute atomic E-state index is 0.0399. The van der Waals surface area contributed by atoms with Crippen LogP contribution in [0.4, 0.5) is 10.9 Å². The molecule has 0 amide bonds. The second-order valence-electron chi connectivity index (χ2n) is 7.34. The minimum Gasteiger partial charge on any atom is -0.384 e. The maximum absolute atomic E-state index is 12.9. The van der Waals surface area contributed by atoms with Gasteiger partial charge < -0.3 is 11.1 Å². The Balaban J connectivity index is 1.81. The van der Waals surface area contributed by atoms with Gasteiger partial charge in [0.25, 0.3) is 5.56 Å². The third kappa shape index (κ3) is 5.42. The fourth-order valence-electron chi connectivity index (χ4n) is 2.79. The number of anilines is 2. The molecule has 0 aliphatic carbocycles. The Hall–Kier alpha value is -2.92. The molecule has 0 fully saturated rings. The zero-order valence-corrected chi connectivity index (χ0v) is 19.1. The number of carbonyl (C=O) groups is 1. The third-order valence-corrected chi connectivity index (χ3v) is 6.45. The zero-order valence-electron chi connectivity index (χ0n) is 17.5. The Morgan fingerprint density at radius 1 is 1.23 bits per heavy atom. The Labute approximate surface area is 187 Å². The molecule has 0 saturated carbocycles. The van der Waals surface area contributed by atoms with Gasteiger partial charge in [0, 0.05) is 13.6 Å². The van der Waals surface area contributed by atoms with Crippen LogP contribution in [0, 0.1) is 5.92 Å². The van der Waals surface area contributed by atoms with E-state index in [0.717, 1.165) is 16.7 Å². The highest BCUT2D eigenvalue weighted by Crippen LogP contribution is 2.26. The zero-order chi connectivity index (χ0) is 22.5. The summed E-state index contributed by atoms with van der Waals surface area (Å²) >= 11 is 2.52. The summed E-state index contributed by atoms with van der Waals surface area (Å²) in [5.41, 5.74) is 5.50. The standard InChI is InChI=1S/C20H24N6O3S2/c1-12(2)9-22-18-23-24-19(31-18)30-11-14(27)15-16(21)26(20(29)25(3)17(15)28)10-13-7-5-4-6-8-13/h4-8,12H,9-11,21H2,1-3H3,(H,22,23). The Morgan fingerprint density at radius 2 is 1.94 bits per heavy atom. The number of nitrogens with one attached hydrogen (secondary N) is 1. The number of carbonyl (C=O) groups excluding carboxylic acids is 1. The molecule has 2 aromatic heterocycles. The van der Waals surface area contributed by atoms with E-state index in [0.29, 0.717) is 15.4 Å². The topological polar surface area (TPSA) is 125 Å². The number of hydrogen-bond acceptors (Lipinski definition) is 9. The van der Waals surface area contributed by atoms with Crippen LogP contribution in [0.15, 0.2) is 44.3 Å². The van der Waals surface area contributed by atoms with Gasteiger partial charge in [-0.25, -0.2) is 4.79 Å². The van der Waals surface area contributed by atoms with Crippen molar-refractivity contribution >= 4 is 39.8 Å². The van der Waals surface area contributed by atoms with E-state index in [2.05, 4.69) is 29.4 Å². The summed E-state index contributed by atoms with van der Waals surface area (Å²) in [4.78, 5) is 38.1. The second kappa shape index (κ2) is 9.92. The highest BCUT2D eigenvalue weighted by Gasteiger charge is 2.22. The normalized spacial score (nSPS) is 11.1. The molecular weight excluding hydrogens is 436 g/mol. The van der Waals surface area contributed by atoms with Gasteiger partial charge >= 0.3 is 5.69 Å². The lowest BCUT2D eigenvalue weighted by Gasteiger charge is -2.14.